The van der Waals surface area contributed by atoms with Crippen LogP contribution in [0.4, 0.5) is 5.69 Å². The molecular formula is C29H36N4O3. The Balaban J connectivity index is 1.06. The molecule has 0 unspecified atom stereocenters. The van der Waals surface area contributed by atoms with Gasteiger partial charge in [0.25, 0.3) is 11.8 Å². The first-order valence-electron chi connectivity index (χ1n) is 13.3. The van der Waals surface area contributed by atoms with E-state index in [2.05, 4.69) is 20.4 Å². The summed E-state index contributed by atoms with van der Waals surface area (Å²) in [6.07, 6.45) is 9.26. The van der Waals surface area contributed by atoms with Gasteiger partial charge in [-0.3, -0.25) is 9.59 Å². The topological polar surface area (TPSA) is 73.9 Å². The highest BCUT2D eigenvalue weighted by Crippen LogP contribution is 2.32. The van der Waals surface area contributed by atoms with E-state index in [0.29, 0.717) is 23.5 Å². The largest absolute Gasteiger partial charge is 0.449 e. The molecular weight excluding hydrogens is 452 g/mol. The van der Waals surface area contributed by atoms with Crippen molar-refractivity contribution in [3.05, 3.63) is 65.4 Å². The van der Waals surface area contributed by atoms with E-state index in [1.165, 1.54) is 45.2 Å². The van der Waals surface area contributed by atoms with Crippen molar-refractivity contribution in [2.24, 2.45) is 0 Å². The van der Waals surface area contributed by atoms with Crippen LogP contribution in [0.2, 0.25) is 0 Å². The van der Waals surface area contributed by atoms with Gasteiger partial charge in [-0.2, -0.15) is 0 Å². The minimum atomic E-state index is -0.326. The molecule has 7 heteroatoms. The second kappa shape index (κ2) is 11.7. The van der Waals surface area contributed by atoms with E-state index in [9.17, 15) is 9.59 Å². The molecule has 0 aliphatic carbocycles. The first-order valence-corrected chi connectivity index (χ1v) is 13.3. The molecule has 0 atom stereocenters. The fraction of sp³-hybridized carbons (Fsp3) is 0.448. The number of fused-ring (bicyclic) bond motifs is 1. The SMILES string of the molecule is O=C1Nc2cc(C(=O)NCCCN3CCC(N4CCCCC4)CC3)ccc2OC1=Cc1ccccc1. The maximum absolute atomic E-state index is 12.7. The highest BCUT2D eigenvalue weighted by Gasteiger charge is 2.26. The Bertz CT molecular complexity index is 1090. The molecule has 0 spiro atoms. The Hall–Kier alpha value is -3.16. The molecule has 5 rings (SSSR count). The lowest BCUT2D eigenvalue weighted by atomic mass is 10.00. The zero-order valence-corrected chi connectivity index (χ0v) is 20.9. The summed E-state index contributed by atoms with van der Waals surface area (Å²) < 4.78 is 5.80. The Morgan fingerprint density at radius 3 is 2.58 bits per heavy atom. The summed E-state index contributed by atoms with van der Waals surface area (Å²) >= 11 is 0. The van der Waals surface area contributed by atoms with Crippen LogP contribution in [0.1, 0.15) is 54.4 Å². The summed E-state index contributed by atoms with van der Waals surface area (Å²) in [6, 6.07) is 15.5. The van der Waals surface area contributed by atoms with Gasteiger partial charge in [0, 0.05) is 18.2 Å². The van der Waals surface area contributed by atoms with Crippen LogP contribution in [0, 0.1) is 0 Å². The van der Waals surface area contributed by atoms with Gasteiger partial charge in [0.2, 0.25) is 0 Å². The van der Waals surface area contributed by atoms with Crippen LogP contribution in [-0.2, 0) is 4.79 Å². The monoisotopic (exact) mass is 488 g/mol. The maximum atomic E-state index is 12.7. The number of rotatable bonds is 7. The number of piperidine rings is 2. The lowest BCUT2D eigenvalue weighted by molar-refractivity contribution is -0.115. The van der Waals surface area contributed by atoms with Crippen molar-refractivity contribution in [3.8, 4) is 5.75 Å². The normalized spacial score (nSPS) is 20.4. The third-order valence-electron chi connectivity index (χ3n) is 7.43. The predicted octanol–water partition coefficient (Wildman–Crippen LogP) is 4.13. The van der Waals surface area contributed by atoms with Crippen molar-refractivity contribution in [1.82, 2.24) is 15.1 Å². The molecule has 2 aromatic carbocycles. The van der Waals surface area contributed by atoms with Gasteiger partial charge in [0.05, 0.1) is 5.69 Å². The lowest BCUT2D eigenvalue weighted by Gasteiger charge is -2.40. The average Bonchev–Trinajstić information content (AvgIpc) is 2.92. The molecule has 0 radical (unpaired) electrons. The first kappa shape index (κ1) is 24.5. The van der Waals surface area contributed by atoms with E-state index in [0.717, 1.165) is 37.7 Å². The summed E-state index contributed by atoms with van der Waals surface area (Å²) in [5, 5.41) is 5.86. The molecule has 3 heterocycles. The Kier molecular flexibility index (Phi) is 7.98. The van der Waals surface area contributed by atoms with Crippen molar-refractivity contribution >= 4 is 23.6 Å². The van der Waals surface area contributed by atoms with Gasteiger partial charge in [0.15, 0.2) is 11.5 Å². The lowest BCUT2D eigenvalue weighted by Crippen LogP contribution is -2.47. The third-order valence-corrected chi connectivity index (χ3v) is 7.43. The molecule has 2 aromatic rings. The van der Waals surface area contributed by atoms with E-state index in [1.807, 2.05) is 30.3 Å². The van der Waals surface area contributed by atoms with Gasteiger partial charge in [-0.05, 0) is 94.7 Å². The summed E-state index contributed by atoms with van der Waals surface area (Å²) in [5.41, 5.74) is 1.90. The van der Waals surface area contributed by atoms with Crippen LogP contribution in [-0.4, -0.2) is 66.9 Å². The van der Waals surface area contributed by atoms with Crippen molar-refractivity contribution < 1.29 is 14.3 Å². The molecule has 3 aliphatic rings. The summed E-state index contributed by atoms with van der Waals surface area (Å²) in [6.45, 7) is 6.51. The minimum absolute atomic E-state index is 0.138. The van der Waals surface area contributed by atoms with Crippen LogP contribution in [0.3, 0.4) is 0 Å². The number of hydrogen-bond donors (Lipinski definition) is 2. The standard InChI is InChI=1S/C29H36N4O3/c34-28(30-14-7-15-32-18-12-24(13-19-32)33-16-5-2-6-17-33)23-10-11-26-25(21-23)31-29(35)27(36-26)20-22-8-3-1-4-9-22/h1,3-4,8-11,20-21,24H,2,5-7,12-19H2,(H,30,34)(H,31,35). The number of carbonyl (C=O) groups is 2. The highest BCUT2D eigenvalue weighted by atomic mass is 16.5. The van der Waals surface area contributed by atoms with Gasteiger partial charge in [0.1, 0.15) is 0 Å². The second-order valence-electron chi connectivity index (χ2n) is 9.97. The summed E-state index contributed by atoms with van der Waals surface area (Å²) in [4.78, 5) is 30.4. The fourth-order valence-electron chi connectivity index (χ4n) is 5.40. The van der Waals surface area contributed by atoms with Gasteiger partial charge in [-0.25, -0.2) is 0 Å². The second-order valence-corrected chi connectivity index (χ2v) is 9.97. The zero-order valence-electron chi connectivity index (χ0n) is 20.9. The van der Waals surface area contributed by atoms with E-state index >= 15 is 0 Å². The fourth-order valence-corrected chi connectivity index (χ4v) is 5.40. The number of nitrogens with one attached hydrogen (secondary N) is 2. The number of amides is 2. The van der Waals surface area contributed by atoms with Gasteiger partial charge >= 0.3 is 0 Å². The number of carbonyl (C=O) groups excluding carboxylic acids is 2. The molecule has 2 amide bonds. The molecule has 0 saturated carbocycles. The quantitative estimate of drug-likeness (QED) is 0.453. The van der Waals surface area contributed by atoms with Crippen molar-refractivity contribution in [2.75, 3.05) is 44.6 Å². The van der Waals surface area contributed by atoms with Crippen LogP contribution in [0.25, 0.3) is 6.08 Å². The van der Waals surface area contributed by atoms with E-state index in [1.54, 1.807) is 24.3 Å². The number of ether oxygens (including phenoxy) is 1. The van der Waals surface area contributed by atoms with Crippen LogP contribution < -0.4 is 15.4 Å². The molecule has 190 valence electrons. The van der Waals surface area contributed by atoms with Crippen molar-refractivity contribution in [1.29, 1.82) is 0 Å². The van der Waals surface area contributed by atoms with Gasteiger partial charge < -0.3 is 25.2 Å². The third kappa shape index (κ3) is 6.15. The Morgan fingerprint density at radius 1 is 1.03 bits per heavy atom. The van der Waals surface area contributed by atoms with Crippen LogP contribution >= 0.6 is 0 Å². The van der Waals surface area contributed by atoms with Crippen molar-refractivity contribution in [2.45, 2.75) is 44.6 Å². The Labute approximate surface area is 213 Å². The maximum Gasteiger partial charge on any atom is 0.291 e. The van der Waals surface area contributed by atoms with Crippen LogP contribution in [0.15, 0.2) is 54.3 Å². The number of hydrogen-bond acceptors (Lipinski definition) is 5. The highest BCUT2D eigenvalue weighted by molar-refractivity contribution is 6.09. The molecule has 2 fully saturated rings. The predicted molar refractivity (Wildman–Crippen MR) is 142 cm³/mol. The Morgan fingerprint density at radius 2 is 1.81 bits per heavy atom. The molecule has 3 aliphatic heterocycles. The molecule has 2 N–H and O–H groups in total. The van der Waals surface area contributed by atoms with Gasteiger partial charge in [-0.1, -0.05) is 36.8 Å². The first-order chi connectivity index (χ1) is 17.7. The molecule has 2 saturated heterocycles. The van der Waals surface area contributed by atoms with Crippen LogP contribution in [0.5, 0.6) is 5.75 Å². The molecule has 0 bridgehead atoms. The number of nitrogens with zero attached hydrogens (tertiary/aromatic N) is 2. The van der Waals surface area contributed by atoms with Crippen molar-refractivity contribution in [3.63, 3.8) is 0 Å². The van der Waals surface area contributed by atoms with E-state index in [-0.39, 0.29) is 17.6 Å². The summed E-state index contributed by atoms with van der Waals surface area (Å²) in [5.74, 6) is 0.293. The zero-order chi connectivity index (χ0) is 24.7. The summed E-state index contributed by atoms with van der Waals surface area (Å²) in [7, 11) is 0. The number of benzene rings is 2. The van der Waals surface area contributed by atoms with E-state index in [4.69, 9.17) is 4.74 Å². The molecule has 7 nitrogen and oxygen atoms in total. The molecule has 0 aromatic heterocycles. The number of likely N-dealkylation sites (tertiary alicyclic amines) is 2. The molecule has 36 heavy (non-hydrogen) atoms. The minimum Gasteiger partial charge on any atom is -0.449 e. The number of anilines is 1. The smallest absolute Gasteiger partial charge is 0.291 e. The van der Waals surface area contributed by atoms with Gasteiger partial charge in [-0.15, -0.1) is 0 Å². The van der Waals surface area contributed by atoms with E-state index < -0.39 is 0 Å². The average molecular weight is 489 g/mol.